The van der Waals surface area contributed by atoms with Gasteiger partial charge >= 0.3 is 12.0 Å². The molecule has 11 heteroatoms. The van der Waals surface area contributed by atoms with Gasteiger partial charge in [0.1, 0.15) is 0 Å². The molecule has 0 saturated carbocycles. The standard InChI is InChI=1S/C11H13ClN2O3.C6H4Cl2N2O/c12-9-3-1-2-8(6-9)7-14-11(17)13-5-4-10(15)16;7-3-1-10-2-4(8)5(3)6(9)11/h1-3,6H,4-5,7H2,(H,15,16)(H2,13,14,17);1-2H,(H2,9,11). The summed E-state index contributed by atoms with van der Waals surface area (Å²) in [4.78, 5) is 35.8. The summed E-state index contributed by atoms with van der Waals surface area (Å²) in [6.07, 6.45) is 2.53. The zero-order chi connectivity index (χ0) is 21.1. The van der Waals surface area contributed by atoms with E-state index < -0.39 is 17.9 Å². The summed E-state index contributed by atoms with van der Waals surface area (Å²) in [6, 6.07) is 6.73. The number of urea groups is 1. The van der Waals surface area contributed by atoms with Gasteiger partial charge in [-0.15, -0.1) is 0 Å². The minimum atomic E-state index is -0.944. The molecule has 0 saturated heterocycles. The second kappa shape index (κ2) is 12.0. The molecule has 0 aliphatic carbocycles. The Morgan fingerprint density at radius 3 is 2.21 bits per heavy atom. The number of carboxylic acid groups (broad SMARTS) is 1. The minimum Gasteiger partial charge on any atom is -0.481 e. The average Bonchev–Trinajstić information content (AvgIpc) is 2.60. The van der Waals surface area contributed by atoms with E-state index in [0.29, 0.717) is 11.6 Å². The quantitative estimate of drug-likeness (QED) is 0.540. The summed E-state index contributed by atoms with van der Waals surface area (Å²) in [5.41, 5.74) is 5.97. The Labute approximate surface area is 176 Å². The number of nitrogens with two attached hydrogens (primary N) is 1. The average molecular weight is 448 g/mol. The van der Waals surface area contributed by atoms with Gasteiger partial charge in [0.25, 0.3) is 5.91 Å². The van der Waals surface area contributed by atoms with Gasteiger partial charge in [-0.25, -0.2) is 4.79 Å². The number of carbonyl (C=O) groups is 3. The first-order valence-corrected chi connectivity index (χ1v) is 8.90. The highest BCUT2D eigenvalue weighted by molar-refractivity contribution is 6.39. The second-order valence-electron chi connectivity index (χ2n) is 5.23. The number of carboxylic acids is 1. The van der Waals surface area contributed by atoms with E-state index >= 15 is 0 Å². The highest BCUT2D eigenvalue weighted by atomic mass is 35.5. The molecule has 5 N–H and O–H groups in total. The van der Waals surface area contributed by atoms with Gasteiger partial charge in [0.15, 0.2) is 0 Å². The van der Waals surface area contributed by atoms with Crippen LogP contribution in [0.25, 0.3) is 0 Å². The summed E-state index contributed by atoms with van der Waals surface area (Å²) in [5.74, 6) is -1.59. The van der Waals surface area contributed by atoms with E-state index in [1.165, 1.54) is 12.4 Å². The summed E-state index contributed by atoms with van der Waals surface area (Å²) in [5, 5.41) is 14.4. The molecule has 0 fully saturated rings. The molecule has 0 atom stereocenters. The predicted octanol–water partition coefficient (Wildman–Crippen LogP) is 3.10. The normalized spacial score (nSPS) is 9.68. The van der Waals surface area contributed by atoms with Gasteiger partial charge in [-0.1, -0.05) is 46.9 Å². The van der Waals surface area contributed by atoms with Gasteiger partial charge in [0, 0.05) is 30.5 Å². The zero-order valence-electron chi connectivity index (χ0n) is 14.4. The van der Waals surface area contributed by atoms with E-state index in [-0.39, 0.29) is 28.6 Å². The maximum absolute atomic E-state index is 11.2. The third-order valence-corrected chi connectivity index (χ3v) is 3.87. The molecule has 0 spiro atoms. The van der Waals surface area contributed by atoms with Crippen LogP contribution in [0.2, 0.25) is 15.1 Å². The molecule has 0 aliphatic rings. The van der Waals surface area contributed by atoms with Gasteiger partial charge in [-0.3, -0.25) is 14.6 Å². The fourth-order valence-corrected chi connectivity index (χ4v) is 2.59. The topological polar surface area (TPSA) is 134 Å². The van der Waals surface area contributed by atoms with E-state index in [1.54, 1.807) is 18.2 Å². The summed E-state index contributed by atoms with van der Waals surface area (Å²) >= 11 is 16.9. The molecule has 28 heavy (non-hydrogen) atoms. The third-order valence-electron chi connectivity index (χ3n) is 3.07. The highest BCUT2D eigenvalue weighted by Gasteiger charge is 2.10. The van der Waals surface area contributed by atoms with Crippen LogP contribution in [-0.2, 0) is 11.3 Å². The van der Waals surface area contributed by atoms with Crippen molar-refractivity contribution in [2.24, 2.45) is 5.73 Å². The number of pyridine rings is 1. The number of hydrogen-bond acceptors (Lipinski definition) is 4. The molecule has 3 amide bonds. The maximum Gasteiger partial charge on any atom is 0.315 e. The number of aliphatic carboxylic acids is 1. The molecule has 1 heterocycles. The van der Waals surface area contributed by atoms with Crippen molar-refractivity contribution in [1.29, 1.82) is 0 Å². The lowest BCUT2D eigenvalue weighted by Gasteiger charge is -2.06. The first kappa shape index (κ1) is 23.5. The largest absolute Gasteiger partial charge is 0.481 e. The smallest absolute Gasteiger partial charge is 0.315 e. The van der Waals surface area contributed by atoms with Crippen LogP contribution < -0.4 is 16.4 Å². The van der Waals surface area contributed by atoms with Crippen molar-refractivity contribution >= 4 is 52.7 Å². The van der Waals surface area contributed by atoms with E-state index in [0.717, 1.165) is 5.56 Å². The van der Waals surface area contributed by atoms with Crippen LogP contribution in [0.1, 0.15) is 22.3 Å². The van der Waals surface area contributed by atoms with E-state index in [2.05, 4.69) is 15.6 Å². The predicted molar refractivity (Wildman–Crippen MR) is 107 cm³/mol. The molecular weight excluding hydrogens is 431 g/mol. The number of carbonyl (C=O) groups excluding carboxylic acids is 2. The lowest BCUT2D eigenvalue weighted by molar-refractivity contribution is -0.136. The Kier molecular flexibility index (Phi) is 10.1. The van der Waals surface area contributed by atoms with Crippen molar-refractivity contribution in [2.75, 3.05) is 6.54 Å². The monoisotopic (exact) mass is 446 g/mol. The first-order valence-electron chi connectivity index (χ1n) is 7.77. The van der Waals surface area contributed by atoms with E-state index in [1.807, 2.05) is 6.07 Å². The van der Waals surface area contributed by atoms with Crippen LogP contribution >= 0.6 is 34.8 Å². The molecule has 0 bridgehead atoms. The van der Waals surface area contributed by atoms with E-state index in [4.69, 9.17) is 45.6 Å². The van der Waals surface area contributed by atoms with Gasteiger partial charge in [0.05, 0.1) is 22.0 Å². The van der Waals surface area contributed by atoms with Gasteiger partial charge in [-0.05, 0) is 17.7 Å². The zero-order valence-corrected chi connectivity index (χ0v) is 16.7. The fourth-order valence-electron chi connectivity index (χ4n) is 1.82. The van der Waals surface area contributed by atoms with Crippen molar-refractivity contribution in [2.45, 2.75) is 13.0 Å². The second-order valence-corrected chi connectivity index (χ2v) is 6.48. The van der Waals surface area contributed by atoms with Crippen LogP contribution in [0.15, 0.2) is 36.7 Å². The molecule has 1 aromatic heterocycles. The Bertz CT molecular complexity index is 829. The van der Waals surface area contributed by atoms with Crippen molar-refractivity contribution in [3.63, 3.8) is 0 Å². The Morgan fingerprint density at radius 1 is 1.07 bits per heavy atom. The molecule has 0 aliphatic heterocycles. The first-order chi connectivity index (χ1) is 13.2. The molecule has 2 aromatic rings. The van der Waals surface area contributed by atoms with Gasteiger partial charge in [0.2, 0.25) is 0 Å². The Hall–Kier alpha value is -2.55. The molecule has 8 nitrogen and oxygen atoms in total. The third kappa shape index (κ3) is 8.90. The van der Waals surface area contributed by atoms with Crippen LogP contribution in [0.4, 0.5) is 4.79 Å². The SMILES string of the molecule is NC(=O)c1c(Cl)cncc1Cl.O=C(O)CCNC(=O)NCc1cccc(Cl)c1. The van der Waals surface area contributed by atoms with Crippen LogP contribution in [0.3, 0.4) is 0 Å². The number of rotatable bonds is 6. The van der Waals surface area contributed by atoms with Gasteiger partial charge < -0.3 is 21.5 Å². The molecule has 2 rings (SSSR count). The number of halogens is 3. The van der Waals surface area contributed by atoms with E-state index in [9.17, 15) is 14.4 Å². The number of amides is 3. The van der Waals surface area contributed by atoms with Crippen molar-refractivity contribution in [3.8, 4) is 0 Å². The van der Waals surface area contributed by atoms with Crippen molar-refractivity contribution in [3.05, 3.63) is 62.9 Å². The van der Waals surface area contributed by atoms with Crippen molar-refractivity contribution in [1.82, 2.24) is 15.6 Å². The lowest BCUT2D eigenvalue weighted by atomic mass is 10.2. The number of nitrogens with one attached hydrogen (secondary N) is 2. The molecule has 0 unspecified atom stereocenters. The molecule has 150 valence electrons. The number of hydrogen-bond donors (Lipinski definition) is 4. The summed E-state index contributed by atoms with van der Waals surface area (Å²) < 4.78 is 0. The maximum atomic E-state index is 11.2. The Morgan fingerprint density at radius 2 is 1.71 bits per heavy atom. The molecular formula is C17H17Cl3N4O4. The fraction of sp³-hybridized carbons (Fsp3) is 0.176. The van der Waals surface area contributed by atoms with Crippen LogP contribution in [-0.4, -0.2) is 34.5 Å². The highest BCUT2D eigenvalue weighted by Crippen LogP contribution is 2.21. The van der Waals surface area contributed by atoms with Crippen LogP contribution in [0.5, 0.6) is 0 Å². The number of aromatic nitrogens is 1. The van der Waals surface area contributed by atoms with Crippen LogP contribution in [0, 0.1) is 0 Å². The summed E-state index contributed by atoms with van der Waals surface area (Å²) in [6.45, 7) is 0.455. The number of nitrogens with zero attached hydrogens (tertiary/aromatic N) is 1. The number of benzene rings is 1. The lowest BCUT2D eigenvalue weighted by Crippen LogP contribution is -2.36. The molecule has 0 radical (unpaired) electrons. The molecule has 1 aromatic carbocycles. The minimum absolute atomic E-state index is 0.0927. The Balaban J connectivity index is 0.000000307. The van der Waals surface area contributed by atoms with Gasteiger partial charge in [-0.2, -0.15) is 0 Å². The summed E-state index contributed by atoms with van der Waals surface area (Å²) in [7, 11) is 0. The van der Waals surface area contributed by atoms with Crippen molar-refractivity contribution < 1.29 is 19.5 Å². The number of primary amides is 1.